The van der Waals surface area contributed by atoms with Gasteiger partial charge in [0.1, 0.15) is 0 Å². The Hall–Kier alpha value is -1.07. The Morgan fingerprint density at radius 3 is 2.92 bits per heavy atom. The molecule has 0 saturated heterocycles. The van der Waals surface area contributed by atoms with Crippen molar-refractivity contribution in [3.05, 3.63) is 27.0 Å². The zero-order chi connectivity index (χ0) is 8.55. The minimum atomic E-state index is -0.561. The van der Waals surface area contributed by atoms with Crippen LogP contribution < -0.4 is 5.76 Å². The van der Waals surface area contributed by atoms with E-state index in [0.29, 0.717) is 10.2 Å². The van der Waals surface area contributed by atoms with Gasteiger partial charge in [-0.25, -0.2) is 4.79 Å². The third-order valence-corrected chi connectivity index (χ3v) is 2.48. The second-order valence-electron chi connectivity index (χ2n) is 2.05. The molecule has 2 heterocycles. The third kappa shape index (κ3) is 1.28. The van der Waals surface area contributed by atoms with Gasteiger partial charge in [0.05, 0.1) is 9.21 Å². The van der Waals surface area contributed by atoms with Gasteiger partial charge >= 0.3 is 5.76 Å². The average molecular weight is 203 g/mol. The molecule has 0 unspecified atom stereocenters. The normalized spacial score (nSPS) is 10.4. The Balaban J connectivity index is 2.50. The van der Waals surface area contributed by atoms with Crippen LogP contribution in [0.5, 0.6) is 0 Å². The lowest BCUT2D eigenvalue weighted by molar-refractivity contribution is 0.388. The first kappa shape index (κ1) is 7.57. The minimum absolute atomic E-state index is 0.414. The summed E-state index contributed by atoms with van der Waals surface area (Å²) in [5.74, 6) is -0.147. The van der Waals surface area contributed by atoms with E-state index < -0.39 is 5.76 Å². The van der Waals surface area contributed by atoms with Crippen molar-refractivity contribution in [2.75, 3.05) is 0 Å². The van der Waals surface area contributed by atoms with Crippen LogP contribution in [0, 0.1) is 0 Å². The number of nitrogens with one attached hydrogen (secondary N) is 1. The van der Waals surface area contributed by atoms with Crippen LogP contribution in [0.25, 0.3) is 10.7 Å². The molecule has 0 bridgehead atoms. The highest BCUT2D eigenvalue weighted by Crippen LogP contribution is 2.27. The van der Waals surface area contributed by atoms with Crippen LogP contribution in [-0.2, 0) is 0 Å². The lowest BCUT2D eigenvalue weighted by atomic mass is 10.4. The van der Waals surface area contributed by atoms with Gasteiger partial charge in [0, 0.05) is 0 Å². The fraction of sp³-hybridized carbons (Fsp3) is 0. The summed E-state index contributed by atoms with van der Waals surface area (Å²) in [5.41, 5.74) is 0. The summed E-state index contributed by atoms with van der Waals surface area (Å²) in [5, 5.41) is 3.51. The molecule has 0 aliphatic rings. The fourth-order valence-electron chi connectivity index (χ4n) is 0.778. The number of hydrogen-bond acceptors (Lipinski definition) is 4. The molecule has 0 aromatic carbocycles. The molecule has 2 rings (SSSR count). The third-order valence-electron chi connectivity index (χ3n) is 1.25. The number of hydrogen-bond donors (Lipinski definition) is 1. The van der Waals surface area contributed by atoms with E-state index >= 15 is 0 Å². The Morgan fingerprint density at radius 2 is 2.42 bits per heavy atom. The molecule has 0 aliphatic carbocycles. The lowest BCUT2D eigenvalue weighted by Crippen LogP contribution is -1.94. The van der Waals surface area contributed by atoms with Gasteiger partial charge in [-0.2, -0.15) is 0 Å². The Morgan fingerprint density at radius 1 is 1.58 bits per heavy atom. The van der Waals surface area contributed by atoms with Crippen molar-refractivity contribution in [3.8, 4) is 10.7 Å². The Labute approximate surface area is 75.8 Å². The summed E-state index contributed by atoms with van der Waals surface area (Å²) in [6, 6.07) is 3.50. The number of H-pyrrole nitrogens is 1. The highest BCUT2D eigenvalue weighted by molar-refractivity contribution is 7.19. The van der Waals surface area contributed by atoms with E-state index in [-0.39, 0.29) is 0 Å². The Bertz CT molecular complexity index is 444. The molecular formula is C6H3ClN2O2S. The zero-order valence-corrected chi connectivity index (χ0v) is 7.28. The predicted octanol–water partition coefficient (Wildman–Crippen LogP) is 1.74. The van der Waals surface area contributed by atoms with Crippen LogP contribution >= 0.6 is 22.9 Å². The number of aromatic amines is 1. The molecule has 0 fully saturated rings. The van der Waals surface area contributed by atoms with Gasteiger partial charge in [-0.3, -0.25) is 9.51 Å². The first-order valence-corrected chi connectivity index (χ1v) is 4.27. The van der Waals surface area contributed by atoms with Gasteiger partial charge in [-0.05, 0) is 12.1 Å². The van der Waals surface area contributed by atoms with E-state index in [1.165, 1.54) is 11.3 Å². The summed E-state index contributed by atoms with van der Waals surface area (Å²) in [7, 11) is 0. The minimum Gasteiger partial charge on any atom is -0.296 e. The van der Waals surface area contributed by atoms with Gasteiger partial charge in [-0.1, -0.05) is 16.8 Å². The van der Waals surface area contributed by atoms with Crippen LogP contribution in [0.3, 0.4) is 0 Å². The smallest absolute Gasteiger partial charge is 0.296 e. The van der Waals surface area contributed by atoms with Crippen LogP contribution in [0.1, 0.15) is 0 Å². The van der Waals surface area contributed by atoms with E-state index in [1.807, 2.05) is 0 Å². The van der Waals surface area contributed by atoms with Crippen LogP contribution in [0.4, 0.5) is 0 Å². The van der Waals surface area contributed by atoms with E-state index in [0.717, 1.165) is 4.88 Å². The summed E-state index contributed by atoms with van der Waals surface area (Å²) in [6.45, 7) is 0. The molecule has 0 saturated carbocycles. The van der Waals surface area contributed by atoms with Crippen LogP contribution in [0.15, 0.2) is 21.5 Å². The van der Waals surface area contributed by atoms with E-state index in [2.05, 4.69) is 14.7 Å². The quantitative estimate of drug-likeness (QED) is 0.767. The maximum absolute atomic E-state index is 10.6. The average Bonchev–Trinajstić information content (AvgIpc) is 2.58. The SMILES string of the molecule is O=c1[nH]c(-c2ccc(Cl)s2)no1. The number of aromatic nitrogens is 2. The summed E-state index contributed by atoms with van der Waals surface area (Å²) in [4.78, 5) is 13.8. The molecule has 6 heteroatoms. The molecule has 0 amide bonds. The highest BCUT2D eigenvalue weighted by Gasteiger charge is 2.05. The second-order valence-corrected chi connectivity index (χ2v) is 3.76. The summed E-state index contributed by atoms with van der Waals surface area (Å²) >= 11 is 7.01. The van der Waals surface area contributed by atoms with Gasteiger partial charge in [0.25, 0.3) is 0 Å². The molecule has 0 aliphatic heterocycles. The maximum atomic E-state index is 10.6. The van der Waals surface area contributed by atoms with E-state index in [1.54, 1.807) is 12.1 Å². The molecule has 2 aromatic heterocycles. The van der Waals surface area contributed by atoms with Crippen molar-refractivity contribution in [3.63, 3.8) is 0 Å². The van der Waals surface area contributed by atoms with Gasteiger partial charge in [0.15, 0.2) is 5.82 Å². The van der Waals surface area contributed by atoms with Crippen molar-refractivity contribution in [2.45, 2.75) is 0 Å². The van der Waals surface area contributed by atoms with Gasteiger partial charge < -0.3 is 0 Å². The summed E-state index contributed by atoms with van der Waals surface area (Å²) < 4.78 is 4.98. The molecule has 0 spiro atoms. The molecule has 4 nitrogen and oxygen atoms in total. The van der Waals surface area contributed by atoms with E-state index in [4.69, 9.17) is 11.6 Å². The van der Waals surface area contributed by atoms with E-state index in [9.17, 15) is 4.79 Å². The number of thiophene rings is 1. The molecule has 12 heavy (non-hydrogen) atoms. The first-order chi connectivity index (χ1) is 5.75. The van der Waals surface area contributed by atoms with Crippen molar-refractivity contribution in [1.82, 2.24) is 10.1 Å². The van der Waals surface area contributed by atoms with Crippen molar-refractivity contribution < 1.29 is 4.52 Å². The second kappa shape index (κ2) is 2.76. The number of nitrogens with zero attached hydrogens (tertiary/aromatic N) is 1. The topological polar surface area (TPSA) is 58.9 Å². The predicted molar refractivity (Wildman–Crippen MR) is 45.4 cm³/mol. The fourth-order valence-corrected chi connectivity index (χ4v) is 1.76. The highest BCUT2D eigenvalue weighted by atomic mass is 35.5. The van der Waals surface area contributed by atoms with Crippen molar-refractivity contribution in [2.24, 2.45) is 0 Å². The van der Waals surface area contributed by atoms with Crippen molar-refractivity contribution in [1.29, 1.82) is 0 Å². The lowest BCUT2D eigenvalue weighted by Gasteiger charge is -1.81. The standard InChI is InChI=1S/C6H3ClN2O2S/c7-4-2-1-3(12-4)5-8-6(10)11-9-5/h1-2H,(H,8,9,10). The van der Waals surface area contributed by atoms with Crippen molar-refractivity contribution >= 4 is 22.9 Å². The molecule has 2 aromatic rings. The number of rotatable bonds is 1. The van der Waals surface area contributed by atoms with Crippen LogP contribution in [-0.4, -0.2) is 10.1 Å². The van der Waals surface area contributed by atoms with Gasteiger partial charge in [-0.15, -0.1) is 11.3 Å². The summed E-state index contributed by atoms with van der Waals surface area (Å²) in [6.07, 6.45) is 0. The number of halogens is 1. The Kier molecular flexibility index (Phi) is 1.74. The molecule has 1 N–H and O–H groups in total. The molecule has 0 radical (unpaired) electrons. The first-order valence-electron chi connectivity index (χ1n) is 3.07. The van der Waals surface area contributed by atoms with Gasteiger partial charge in [0.2, 0.25) is 0 Å². The largest absolute Gasteiger partial charge is 0.439 e. The monoisotopic (exact) mass is 202 g/mol. The molecule has 62 valence electrons. The van der Waals surface area contributed by atoms with Crippen LogP contribution in [0.2, 0.25) is 4.34 Å². The zero-order valence-electron chi connectivity index (χ0n) is 5.70. The molecular weight excluding hydrogens is 200 g/mol. The molecule has 0 atom stereocenters. The maximum Gasteiger partial charge on any atom is 0.439 e.